The second kappa shape index (κ2) is 4.33. The summed E-state index contributed by atoms with van der Waals surface area (Å²) in [5, 5.41) is 9.39. The molecule has 76 valence electrons. The highest BCUT2D eigenvalue weighted by Crippen LogP contribution is 2.33. The molecular weight excluding hydrogens is 186 g/mol. The number of rotatable bonds is 3. The van der Waals surface area contributed by atoms with E-state index < -0.39 is 11.5 Å². The molecule has 2 unspecified atom stereocenters. The van der Waals surface area contributed by atoms with Gasteiger partial charge in [-0.25, -0.2) is 0 Å². The Bertz CT molecular complexity index is 196. The van der Waals surface area contributed by atoms with Gasteiger partial charge in [0.05, 0.1) is 0 Å². The van der Waals surface area contributed by atoms with E-state index in [2.05, 4.69) is 6.92 Å². The van der Waals surface area contributed by atoms with Crippen molar-refractivity contribution in [3.8, 4) is 0 Å². The summed E-state index contributed by atoms with van der Waals surface area (Å²) in [6, 6.07) is 0. The van der Waals surface area contributed by atoms with E-state index in [9.17, 15) is 4.79 Å². The molecule has 1 rings (SSSR count). The van der Waals surface area contributed by atoms with Gasteiger partial charge in [-0.15, -0.1) is 0 Å². The van der Waals surface area contributed by atoms with Crippen LogP contribution < -0.4 is 5.73 Å². The van der Waals surface area contributed by atoms with Crippen molar-refractivity contribution in [3.63, 3.8) is 0 Å². The van der Waals surface area contributed by atoms with Gasteiger partial charge in [0.15, 0.2) is 0 Å². The van der Waals surface area contributed by atoms with Crippen LogP contribution in [0.1, 0.15) is 32.6 Å². The largest absolute Gasteiger partial charge is 0.480 e. The predicted molar refractivity (Wildman–Crippen MR) is 54.9 cm³/mol. The topological polar surface area (TPSA) is 63.3 Å². The van der Waals surface area contributed by atoms with Crippen molar-refractivity contribution in [2.24, 2.45) is 5.73 Å². The molecule has 0 aromatic rings. The van der Waals surface area contributed by atoms with Gasteiger partial charge in [0.25, 0.3) is 0 Å². The van der Waals surface area contributed by atoms with Crippen molar-refractivity contribution < 1.29 is 9.90 Å². The Labute approximate surface area is 83.1 Å². The third kappa shape index (κ3) is 2.61. The van der Waals surface area contributed by atoms with E-state index in [1.165, 1.54) is 0 Å². The van der Waals surface area contributed by atoms with Gasteiger partial charge in [-0.3, -0.25) is 4.79 Å². The molecule has 0 spiro atoms. The normalized spacial score (nSPS) is 34.5. The van der Waals surface area contributed by atoms with Crippen LogP contribution in [0.4, 0.5) is 0 Å². The molecule has 4 heteroatoms. The molecule has 0 aromatic carbocycles. The number of aliphatic carboxylic acids is 1. The molecule has 0 heterocycles. The molecule has 0 amide bonds. The van der Waals surface area contributed by atoms with Crippen LogP contribution in [0.5, 0.6) is 0 Å². The number of carbonyl (C=O) groups is 1. The van der Waals surface area contributed by atoms with Crippen molar-refractivity contribution in [2.45, 2.75) is 43.4 Å². The fourth-order valence-electron chi connectivity index (χ4n) is 1.83. The fraction of sp³-hybridized carbons (Fsp3) is 0.889. The maximum Gasteiger partial charge on any atom is 0.323 e. The molecular formula is C9H17NO2S. The number of carboxylic acid groups (broad SMARTS) is 1. The van der Waals surface area contributed by atoms with E-state index in [0.29, 0.717) is 18.1 Å². The zero-order chi connectivity index (χ0) is 9.90. The van der Waals surface area contributed by atoms with Crippen LogP contribution in [0.25, 0.3) is 0 Å². The van der Waals surface area contributed by atoms with Crippen LogP contribution in [0, 0.1) is 0 Å². The van der Waals surface area contributed by atoms with Crippen molar-refractivity contribution in [2.75, 3.05) is 5.75 Å². The van der Waals surface area contributed by atoms with E-state index in [-0.39, 0.29) is 0 Å². The van der Waals surface area contributed by atoms with E-state index in [1.54, 1.807) is 0 Å². The Balaban J connectivity index is 2.54. The maximum atomic E-state index is 10.9. The Morgan fingerprint density at radius 3 is 3.00 bits per heavy atom. The smallest absolute Gasteiger partial charge is 0.323 e. The van der Waals surface area contributed by atoms with Crippen LogP contribution in [-0.4, -0.2) is 27.6 Å². The van der Waals surface area contributed by atoms with E-state index in [4.69, 9.17) is 10.8 Å². The third-order valence-corrected chi connectivity index (χ3v) is 3.78. The number of hydrogen-bond acceptors (Lipinski definition) is 3. The summed E-state index contributed by atoms with van der Waals surface area (Å²) < 4.78 is 0. The van der Waals surface area contributed by atoms with Crippen LogP contribution in [0.3, 0.4) is 0 Å². The van der Waals surface area contributed by atoms with Crippen molar-refractivity contribution in [3.05, 3.63) is 0 Å². The minimum Gasteiger partial charge on any atom is -0.480 e. The standard InChI is InChI=1S/C9H17NO2S/c1-2-13-7-4-3-5-9(10,6-7)8(11)12/h7H,2-6,10H2,1H3,(H,11,12). The highest BCUT2D eigenvalue weighted by atomic mass is 32.2. The number of hydrogen-bond donors (Lipinski definition) is 2. The molecule has 3 nitrogen and oxygen atoms in total. The van der Waals surface area contributed by atoms with Gasteiger partial charge in [-0.05, 0) is 31.4 Å². The van der Waals surface area contributed by atoms with E-state index in [1.807, 2.05) is 11.8 Å². The van der Waals surface area contributed by atoms with Gasteiger partial charge >= 0.3 is 5.97 Å². The molecule has 2 atom stereocenters. The van der Waals surface area contributed by atoms with Crippen LogP contribution in [0.15, 0.2) is 0 Å². The van der Waals surface area contributed by atoms with Crippen molar-refractivity contribution in [1.82, 2.24) is 0 Å². The molecule has 0 radical (unpaired) electrons. The lowest BCUT2D eigenvalue weighted by molar-refractivity contribution is -0.144. The summed E-state index contributed by atoms with van der Waals surface area (Å²) >= 11 is 1.83. The second-order valence-electron chi connectivity index (χ2n) is 3.63. The lowest BCUT2D eigenvalue weighted by atomic mass is 9.82. The average Bonchev–Trinajstić information content (AvgIpc) is 2.04. The molecule has 1 saturated carbocycles. The Hall–Kier alpha value is -0.220. The van der Waals surface area contributed by atoms with Crippen LogP contribution >= 0.6 is 11.8 Å². The molecule has 3 N–H and O–H groups in total. The third-order valence-electron chi connectivity index (χ3n) is 2.57. The van der Waals surface area contributed by atoms with Gasteiger partial charge in [0, 0.05) is 5.25 Å². The summed E-state index contributed by atoms with van der Waals surface area (Å²) in [7, 11) is 0. The Kier molecular flexibility index (Phi) is 3.62. The number of thioether (sulfide) groups is 1. The predicted octanol–water partition coefficient (Wildman–Crippen LogP) is 1.46. The van der Waals surface area contributed by atoms with Gasteiger partial charge in [0.1, 0.15) is 5.54 Å². The second-order valence-corrected chi connectivity index (χ2v) is 5.21. The number of nitrogens with two attached hydrogens (primary N) is 1. The highest BCUT2D eigenvalue weighted by molar-refractivity contribution is 7.99. The van der Waals surface area contributed by atoms with Crippen LogP contribution in [0.2, 0.25) is 0 Å². The lowest BCUT2D eigenvalue weighted by Crippen LogP contribution is -2.51. The summed E-state index contributed by atoms with van der Waals surface area (Å²) in [5.74, 6) is 0.203. The first kappa shape index (κ1) is 10.9. The first-order chi connectivity index (χ1) is 6.08. The number of carboxylic acids is 1. The van der Waals surface area contributed by atoms with Gasteiger partial charge in [-0.2, -0.15) is 11.8 Å². The summed E-state index contributed by atoms with van der Waals surface area (Å²) in [4.78, 5) is 10.9. The minimum absolute atomic E-state index is 0.444. The summed E-state index contributed by atoms with van der Waals surface area (Å²) in [5.41, 5.74) is 4.86. The molecule has 1 aliphatic carbocycles. The quantitative estimate of drug-likeness (QED) is 0.729. The monoisotopic (exact) mass is 203 g/mol. The van der Waals surface area contributed by atoms with Gasteiger partial charge in [0.2, 0.25) is 0 Å². The van der Waals surface area contributed by atoms with Crippen molar-refractivity contribution >= 4 is 17.7 Å². The Morgan fingerprint density at radius 1 is 1.77 bits per heavy atom. The first-order valence-corrected chi connectivity index (χ1v) is 5.77. The molecule has 1 aliphatic rings. The molecule has 13 heavy (non-hydrogen) atoms. The Morgan fingerprint density at radius 2 is 2.46 bits per heavy atom. The van der Waals surface area contributed by atoms with E-state index >= 15 is 0 Å². The SMILES string of the molecule is CCSC1CCCC(N)(C(=O)O)C1. The first-order valence-electron chi connectivity index (χ1n) is 4.72. The molecule has 0 saturated heterocycles. The minimum atomic E-state index is -0.953. The van der Waals surface area contributed by atoms with Gasteiger partial charge < -0.3 is 10.8 Å². The zero-order valence-corrected chi connectivity index (χ0v) is 8.77. The highest BCUT2D eigenvalue weighted by Gasteiger charge is 2.39. The van der Waals surface area contributed by atoms with Crippen LogP contribution in [-0.2, 0) is 4.79 Å². The lowest BCUT2D eigenvalue weighted by Gasteiger charge is -2.33. The molecule has 0 aromatic heterocycles. The fourth-order valence-corrected chi connectivity index (χ4v) is 3.05. The van der Waals surface area contributed by atoms with Crippen molar-refractivity contribution in [1.29, 1.82) is 0 Å². The zero-order valence-electron chi connectivity index (χ0n) is 7.95. The molecule has 1 fully saturated rings. The molecule has 0 bridgehead atoms. The average molecular weight is 203 g/mol. The maximum absolute atomic E-state index is 10.9. The van der Waals surface area contributed by atoms with E-state index in [0.717, 1.165) is 18.6 Å². The summed E-state index contributed by atoms with van der Waals surface area (Å²) in [6.45, 7) is 2.10. The molecule has 0 aliphatic heterocycles. The summed E-state index contributed by atoms with van der Waals surface area (Å²) in [6.07, 6.45) is 3.31. The van der Waals surface area contributed by atoms with Gasteiger partial charge in [-0.1, -0.05) is 6.92 Å².